The summed E-state index contributed by atoms with van der Waals surface area (Å²) in [5, 5.41) is 26.1. The normalized spacial score (nSPS) is 13.2. The molecule has 2 aromatic rings. The zero-order chi connectivity index (χ0) is 28.2. The molecule has 6 N–H and O–H groups in total. The first-order chi connectivity index (χ1) is 18.1. The van der Waals surface area contributed by atoms with Crippen LogP contribution in [0.2, 0.25) is 0 Å². The van der Waals surface area contributed by atoms with Crippen LogP contribution in [0.5, 0.6) is 0 Å². The fourth-order valence-corrected chi connectivity index (χ4v) is 3.92. The third-order valence-electron chi connectivity index (χ3n) is 6.10. The lowest BCUT2D eigenvalue weighted by Gasteiger charge is -2.24. The molecule has 38 heavy (non-hydrogen) atoms. The molecule has 0 heterocycles. The zero-order valence-electron chi connectivity index (χ0n) is 22.1. The maximum absolute atomic E-state index is 13.0. The molecule has 10 heteroatoms. The van der Waals surface area contributed by atoms with Gasteiger partial charge >= 0.3 is 0 Å². The Morgan fingerprint density at radius 3 is 2.05 bits per heavy atom. The summed E-state index contributed by atoms with van der Waals surface area (Å²) in [5.74, 6) is -3.19. The Morgan fingerprint density at radius 2 is 1.47 bits per heavy atom. The van der Waals surface area contributed by atoms with Gasteiger partial charge in [0.1, 0.15) is 0 Å². The van der Waals surface area contributed by atoms with Crippen molar-refractivity contribution in [2.24, 2.45) is 11.7 Å². The van der Waals surface area contributed by atoms with E-state index in [2.05, 4.69) is 10.6 Å². The van der Waals surface area contributed by atoms with Crippen LogP contribution in [0.1, 0.15) is 70.3 Å². The second-order valence-electron chi connectivity index (χ2n) is 9.22. The maximum atomic E-state index is 13.0. The van der Waals surface area contributed by atoms with E-state index in [1.807, 2.05) is 44.2 Å². The fraction of sp³-hybridized carbons (Fsp3) is 0.429. The van der Waals surface area contributed by atoms with Crippen LogP contribution >= 0.6 is 0 Å². The van der Waals surface area contributed by atoms with Gasteiger partial charge in [-0.05, 0) is 36.6 Å². The Bertz CT molecular complexity index is 1100. The third-order valence-corrected chi connectivity index (χ3v) is 6.10. The molecule has 10 nitrogen and oxygen atoms in total. The van der Waals surface area contributed by atoms with E-state index in [-0.39, 0.29) is 35.7 Å². The minimum absolute atomic E-state index is 0.00163. The van der Waals surface area contributed by atoms with Crippen LogP contribution in [0.15, 0.2) is 48.5 Å². The van der Waals surface area contributed by atoms with E-state index < -0.39 is 35.8 Å². The van der Waals surface area contributed by atoms with E-state index in [1.165, 1.54) is 25.1 Å². The van der Waals surface area contributed by atoms with Crippen molar-refractivity contribution in [1.82, 2.24) is 15.5 Å². The monoisotopic (exact) mass is 526 g/mol. The van der Waals surface area contributed by atoms with Gasteiger partial charge in [-0.15, -0.1) is 0 Å². The summed E-state index contributed by atoms with van der Waals surface area (Å²) in [6.07, 6.45) is -1.40. The highest BCUT2D eigenvalue weighted by Crippen LogP contribution is 2.15. The standard InChI is InChI=1S/C28H38N4O6/c1-4-11-32(12-5-2)28(38)22-14-20(25(29)35)13-21(15-22)27(37)31-17-23(33)24(34)18(3)26(36)30-16-19-9-7-6-8-10-19/h6-10,13-15,18,23-24,33-34H,4-5,11-12,16-17H2,1-3H3,(H2,29,35)(H,30,36)(H,31,37). The first-order valence-electron chi connectivity index (χ1n) is 12.8. The second kappa shape index (κ2) is 14.8. The quantitative estimate of drug-likeness (QED) is 0.250. The summed E-state index contributed by atoms with van der Waals surface area (Å²) in [6, 6.07) is 13.2. The van der Waals surface area contributed by atoms with Gasteiger partial charge < -0.3 is 31.5 Å². The van der Waals surface area contributed by atoms with Crippen molar-refractivity contribution in [3.05, 3.63) is 70.8 Å². The molecular formula is C28H38N4O6. The number of hydrogen-bond acceptors (Lipinski definition) is 6. The van der Waals surface area contributed by atoms with E-state index in [1.54, 1.807) is 4.90 Å². The first kappa shape index (κ1) is 30.5. The predicted octanol–water partition coefficient (Wildman–Crippen LogP) is 1.45. The molecule has 3 atom stereocenters. The molecule has 0 aliphatic heterocycles. The van der Waals surface area contributed by atoms with E-state index in [0.717, 1.165) is 18.4 Å². The molecular weight excluding hydrogens is 488 g/mol. The van der Waals surface area contributed by atoms with Gasteiger partial charge in [0.25, 0.3) is 11.8 Å². The summed E-state index contributed by atoms with van der Waals surface area (Å²) in [7, 11) is 0. The van der Waals surface area contributed by atoms with Gasteiger partial charge in [-0.25, -0.2) is 0 Å². The van der Waals surface area contributed by atoms with E-state index in [0.29, 0.717) is 13.1 Å². The second-order valence-corrected chi connectivity index (χ2v) is 9.22. The molecule has 0 saturated heterocycles. The molecule has 3 unspecified atom stereocenters. The molecule has 2 aromatic carbocycles. The number of primary amides is 1. The average molecular weight is 527 g/mol. The molecule has 4 amide bonds. The van der Waals surface area contributed by atoms with Crippen LogP contribution in [-0.4, -0.2) is 70.6 Å². The lowest BCUT2D eigenvalue weighted by atomic mass is 9.98. The SMILES string of the molecule is CCCN(CCC)C(=O)c1cc(C(N)=O)cc(C(=O)NCC(O)C(O)C(C)C(=O)NCc2ccccc2)c1. The Kier molecular flexibility index (Phi) is 11.9. The van der Waals surface area contributed by atoms with Crippen LogP contribution in [-0.2, 0) is 11.3 Å². The van der Waals surface area contributed by atoms with Crippen molar-refractivity contribution < 1.29 is 29.4 Å². The number of nitrogens with one attached hydrogen (secondary N) is 2. The largest absolute Gasteiger partial charge is 0.390 e. The zero-order valence-corrected chi connectivity index (χ0v) is 22.1. The fourth-order valence-electron chi connectivity index (χ4n) is 3.92. The predicted molar refractivity (Wildman–Crippen MR) is 143 cm³/mol. The molecule has 0 saturated carbocycles. The van der Waals surface area contributed by atoms with Gasteiger partial charge in [-0.2, -0.15) is 0 Å². The Labute approximate surface area is 223 Å². The molecule has 0 radical (unpaired) electrons. The van der Waals surface area contributed by atoms with Gasteiger partial charge in [0.15, 0.2) is 0 Å². The number of benzene rings is 2. The van der Waals surface area contributed by atoms with Gasteiger partial charge in [-0.1, -0.05) is 51.1 Å². The van der Waals surface area contributed by atoms with E-state index >= 15 is 0 Å². The number of hydrogen-bond donors (Lipinski definition) is 5. The van der Waals surface area contributed by atoms with Crippen molar-refractivity contribution >= 4 is 23.6 Å². The highest BCUT2D eigenvalue weighted by Gasteiger charge is 2.29. The number of aliphatic hydroxyl groups excluding tert-OH is 2. The number of carbonyl (C=O) groups excluding carboxylic acids is 4. The molecule has 2 rings (SSSR count). The molecule has 0 aromatic heterocycles. The molecule has 0 aliphatic carbocycles. The summed E-state index contributed by atoms with van der Waals surface area (Å²) in [5.41, 5.74) is 6.47. The summed E-state index contributed by atoms with van der Waals surface area (Å²) >= 11 is 0. The minimum Gasteiger partial charge on any atom is -0.390 e. The van der Waals surface area contributed by atoms with Gasteiger partial charge in [0, 0.05) is 42.9 Å². The van der Waals surface area contributed by atoms with Crippen molar-refractivity contribution in [3.63, 3.8) is 0 Å². The molecule has 206 valence electrons. The van der Waals surface area contributed by atoms with Crippen LogP contribution < -0.4 is 16.4 Å². The van der Waals surface area contributed by atoms with Crippen molar-refractivity contribution in [1.29, 1.82) is 0 Å². The van der Waals surface area contributed by atoms with Gasteiger partial charge in [0.05, 0.1) is 18.1 Å². The summed E-state index contributed by atoms with van der Waals surface area (Å²) in [4.78, 5) is 51.8. The average Bonchev–Trinajstić information content (AvgIpc) is 2.93. The Hall–Kier alpha value is -3.76. The number of nitrogens with zero attached hydrogens (tertiary/aromatic N) is 1. The first-order valence-corrected chi connectivity index (χ1v) is 12.8. The number of rotatable bonds is 14. The van der Waals surface area contributed by atoms with E-state index in [9.17, 15) is 29.4 Å². The Morgan fingerprint density at radius 1 is 0.895 bits per heavy atom. The molecule has 0 aliphatic rings. The van der Waals surface area contributed by atoms with Crippen molar-refractivity contribution in [3.8, 4) is 0 Å². The van der Waals surface area contributed by atoms with Gasteiger partial charge in [0.2, 0.25) is 11.8 Å². The van der Waals surface area contributed by atoms with Crippen molar-refractivity contribution in [2.75, 3.05) is 19.6 Å². The van der Waals surface area contributed by atoms with Crippen LogP contribution in [0.3, 0.4) is 0 Å². The highest BCUT2D eigenvalue weighted by molar-refractivity contribution is 6.04. The Balaban J connectivity index is 2.05. The lowest BCUT2D eigenvalue weighted by Crippen LogP contribution is -2.46. The van der Waals surface area contributed by atoms with Crippen LogP contribution in [0, 0.1) is 5.92 Å². The number of amides is 4. The smallest absolute Gasteiger partial charge is 0.253 e. The summed E-state index contributed by atoms with van der Waals surface area (Å²) < 4.78 is 0. The third kappa shape index (κ3) is 8.67. The topological polar surface area (TPSA) is 162 Å². The molecule has 0 spiro atoms. The molecule has 0 fully saturated rings. The number of nitrogens with two attached hydrogens (primary N) is 1. The van der Waals surface area contributed by atoms with Crippen LogP contribution in [0.4, 0.5) is 0 Å². The van der Waals surface area contributed by atoms with E-state index in [4.69, 9.17) is 5.73 Å². The lowest BCUT2D eigenvalue weighted by molar-refractivity contribution is -0.131. The summed E-state index contributed by atoms with van der Waals surface area (Å²) in [6.45, 7) is 6.33. The maximum Gasteiger partial charge on any atom is 0.253 e. The minimum atomic E-state index is -1.45. The molecule has 0 bridgehead atoms. The number of carbonyl (C=O) groups is 4. The number of aliphatic hydroxyl groups is 2. The van der Waals surface area contributed by atoms with Crippen LogP contribution in [0.25, 0.3) is 0 Å². The van der Waals surface area contributed by atoms with Crippen molar-refractivity contribution in [2.45, 2.75) is 52.4 Å². The highest BCUT2D eigenvalue weighted by atomic mass is 16.3. The van der Waals surface area contributed by atoms with Gasteiger partial charge in [-0.3, -0.25) is 19.2 Å².